The standard InChI is InChI=1S/C23H25F2N7O3/c1-14-13-29(9-10-30(14)23(34)35)22(33)27-18-12-26-32-8-6-20(28-21(18)32)31-7-2-3-19(31)16-11-15(24)4-5-17(16)25/h4-6,8,11-12,14,19H,2-3,7,9-10,13H2,1H3,(H,27,33)(H,34,35)/t14?,19-/m1/s1. The molecule has 2 atom stereocenters. The molecule has 0 saturated carbocycles. The number of carboxylic acid groups (broad SMARTS) is 1. The number of hydrogen-bond donors (Lipinski definition) is 2. The normalized spacial score (nSPS) is 20.5. The molecule has 0 bridgehead atoms. The molecule has 10 nitrogen and oxygen atoms in total. The number of piperazine rings is 1. The van der Waals surface area contributed by atoms with Gasteiger partial charge in [0.15, 0.2) is 5.65 Å². The number of carbonyl (C=O) groups excluding carboxylic acids is 1. The first kappa shape index (κ1) is 22.8. The first-order valence-corrected chi connectivity index (χ1v) is 11.4. The predicted molar refractivity (Wildman–Crippen MR) is 123 cm³/mol. The molecule has 1 unspecified atom stereocenters. The van der Waals surface area contributed by atoms with Gasteiger partial charge in [0.1, 0.15) is 23.1 Å². The van der Waals surface area contributed by atoms with Crippen molar-refractivity contribution in [2.24, 2.45) is 0 Å². The van der Waals surface area contributed by atoms with Gasteiger partial charge >= 0.3 is 12.1 Å². The maximum atomic E-state index is 14.5. The van der Waals surface area contributed by atoms with Crippen LogP contribution in [0, 0.1) is 11.6 Å². The molecule has 4 heterocycles. The average Bonchev–Trinajstić information content (AvgIpc) is 3.47. The molecular weight excluding hydrogens is 460 g/mol. The second kappa shape index (κ2) is 9.01. The van der Waals surface area contributed by atoms with E-state index in [9.17, 15) is 23.5 Å². The first-order valence-electron chi connectivity index (χ1n) is 11.4. The van der Waals surface area contributed by atoms with Gasteiger partial charge in [-0.1, -0.05) is 0 Å². The summed E-state index contributed by atoms with van der Waals surface area (Å²) in [4.78, 5) is 33.6. The van der Waals surface area contributed by atoms with Gasteiger partial charge in [-0.15, -0.1) is 0 Å². The number of urea groups is 1. The van der Waals surface area contributed by atoms with Gasteiger partial charge in [0.05, 0.1) is 12.2 Å². The number of amides is 3. The Bertz CT molecular complexity index is 1280. The Morgan fingerprint density at radius 2 is 2.00 bits per heavy atom. The molecule has 35 heavy (non-hydrogen) atoms. The van der Waals surface area contributed by atoms with Crippen LogP contribution >= 0.6 is 0 Å². The molecule has 2 N–H and O–H groups in total. The monoisotopic (exact) mass is 485 g/mol. The van der Waals surface area contributed by atoms with Crippen LogP contribution in [-0.4, -0.2) is 73.8 Å². The van der Waals surface area contributed by atoms with Crippen molar-refractivity contribution in [2.45, 2.75) is 31.8 Å². The Kier molecular flexibility index (Phi) is 5.87. The zero-order chi connectivity index (χ0) is 24.7. The van der Waals surface area contributed by atoms with Crippen LogP contribution < -0.4 is 10.2 Å². The first-order chi connectivity index (χ1) is 16.8. The lowest BCUT2D eigenvalue weighted by molar-refractivity contribution is 0.0868. The van der Waals surface area contributed by atoms with E-state index in [2.05, 4.69) is 15.4 Å². The van der Waals surface area contributed by atoms with Gasteiger partial charge in [-0.05, 0) is 44.0 Å². The van der Waals surface area contributed by atoms with Crippen molar-refractivity contribution in [3.63, 3.8) is 0 Å². The van der Waals surface area contributed by atoms with E-state index in [-0.39, 0.29) is 37.7 Å². The van der Waals surface area contributed by atoms with Crippen molar-refractivity contribution in [1.82, 2.24) is 24.4 Å². The molecule has 2 aliphatic heterocycles. The fourth-order valence-electron chi connectivity index (χ4n) is 4.86. The van der Waals surface area contributed by atoms with E-state index in [4.69, 9.17) is 0 Å². The second-order valence-corrected chi connectivity index (χ2v) is 8.83. The van der Waals surface area contributed by atoms with Gasteiger partial charge < -0.3 is 25.1 Å². The number of carbonyl (C=O) groups is 2. The third-order valence-corrected chi connectivity index (χ3v) is 6.62. The Balaban J connectivity index is 1.37. The number of nitrogens with one attached hydrogen (secondary N) is 1. The van der Waals surface area contributed by atoms with Crippen LogP contribution in [0.25, 0.3) is 5.65 Å². The number of hydrogen-bond acceptors (Lipinski definition) is 5. The fraction of sp³-hybridized carbons (Fsp3) is 0.391. The topological polar surface area (TPSA) is 106 Å². The lowest BCUT2D eigenvalue weighted by Crippen LogP contribution is -2.55. The summed E-state index contributed by atoms with van der Waals surface area (Å²) in [5.74, 6) is -0.377. The van der Waals surface area contributed by atoms with Crippen molar-refractivity contribution in [3.05, 3.63) is 53.9 Å². The molecule has 5 rings (SSSR count). The molecule has 2 saturated heterocycles. The number of fused-ring (bicyclic) bond motifs is 1. The number of aromatic nitrogens is 3. The summed E-state index contributed by atoms with van der Waals surface area (Å²) in [6.07, 6.45) is 3.66. The second-order valence-electron chi connectivity index (χ2n) is 8.83. The van der Waals surface area contributed by atoms with E-state index in [0.717, 1.165) is 18.6 Å². The minimum atomic E-state index is -1.00. The smallest absolute Gasteiger partial charge is 0.407 e. The Morgan fingerprint density at radius 3 is 2.77 bits per heavy atom. The molecule has 0 radical (unpaired) electrons. The van der Waals surface area contributed by atoms with E-state index in [1.54, 1.807) is 24.1 Å². The largest absolute Gasteiger partial charge is 0.465 e. The minimum absolute atomic E-state index is 0.230. The summed E-state index contributed by atoms with van der Waals surface area (Å²) in [5, 5.41) is 16.3. The number of nitrogens with zero attached hydrogens (tertiary/aromatic N) is 6. The van der Waals surface area contributed by atoms with Crippen LogP contribution in [0.4, 0.5) is 29.9 Å². The average molecular weight is 485 g/mol. The quantitative estimate of drug-likeness (QED) is 0.588. The zero-order valence-corrected chi connectivity index (χ0v) is 19.1. The van der Waals surface area contributed by atoms with Crippen LogP contribution in [0.5, 0.6) is 0 Å². The molecule has 3 aromatic rings. The highest BCUT2D eigenvalue weighted by Crippen LogP contribution is 2.37. The van der Waals surface area contributed by atoms with Crippen molar-refractivity contribution in [1.29, 1.82) is 0 Å². The number of anilines is 2. The van der Waals surface area contributed by atoms with Gasteiger partial charge in [-0.25, -0.2) is 27.9 Å². The summed E-state index contributed by atoms with van der Waals surface area (Å²) < 4.78 is 29.8. The van der Waals surface area contributed by atoms with Crippen LogP contribution in [0.3, 0.4) is 0 Å². The van der Waals surface area contributed by atoms with Crippen molar-refractivity contribution >= 4 is 29.3 Å². The molecule has 2 aromatic heterocycles. The van der Waals surface area contributed by atoms with Gasteiger partial charge in [-0.2, -0.15) is 5.10 Å². The molecule has 2 fully saturated rings. The predicted octanol–water partition coefficient (Wildman–Crippen LogP) is 3.57. The highest BCUT2D eigenvalue weighted by atomic mass is 19.1. The summed E-state index contributed by atoms with van der Waals surface area (Å²) in [6, 6.07) is 4.18. The number of rotatable bonds is 3. The molecule has 0 aliphatic carbocycles. The highest BCUT2D eigenvalue weighted by molar-refractivity contribution is 5.93. The van der Waals surface area contributed by atoms with Gasteiger partial charge in [-0.3, -0.25) is 0 Å². The van der Waals surface area contributed by atoms with Crippen LogP contribution in [-0.2, 0) is 0 Å². The maximum Gasteiger partial charge on any atom is 0.407 e. The maximum absolute atomic E-state index is 14.5. The van der Waals surface area contributed by atoms with Gasteiger partial charge in [0.2, 0.25) is 0 Å². The summed E-state index contributed by atoms with van der Waals surface area (Å²) in [7, 11) is 0. The Hall–Kier alpha value is -3.96. The van der Waals surface area contributed by atoms with Crippen LogP contribution in [0.1, 0.15) is 31.4 Å². The van der Waals surface area contributed by atoms with E-state index >= 15 is 0 Å². The van der Waals surface area contributed by atoms with Crippen LogP contribution in [0.15, 0.2) is 36.7 Å². The van der Waals surface area contributed by atoms with Gasteiger partial charge in [0.25, 0.3) is 0 Å². The summed E-state index contributed by atoms with van der Waals surface area (Å²) in [5.41, 5.74) is 1.11. The zero-order valence-electron chi connectivity index (χ0n) is 19.1. The SMILES string of the molecule is CC1CN(C(=O)Nc2cnn3ccc(N4CCC[C@@H]4c4cc(F)ccc4F)nc23)CCN1C(=O)O. The third kappa shape index (κ3) is 4.31. The summed E-state index contributed by atoms with van der Waals surface area (Å²) in [6.45, 7) is 3.16. The van der Waals surface area contributed by atoms with Crippen molar-refractivity contribution in [2.75, 3.05) is 36.4 Å². The Morgan fingerprint density at radius 1 is 1.17 bits per heavy atom. The van der Waals surface area contributed by atoms with Crippen molar-refractivity contribution < 1.29 is 23.5 Å². The lowest BCUT2D eigenvalue weighted by Gasteiger charge is -2.38. The number of halogens is 2. The Labute approximate surface area is 199 Å². The molecule has 3 amide bonds. The van der Waals surface area contributed by atoms with E-state index < -0.39 is 17.7 Å². The minimum Gasteiger partial charge on any atom is -0.465 e. The molecular formula is C23H25F2N7O3. The van der Waals surface area contributed by atoms with Crippen molar-refractivity contribution in [3.8, 4) is 0 Å². The number of benzene rings is 1. The fourth-order valence-corrected chi connectivity index (χ4v) is 4.86. The summed E-state index contributed by atoms with van der Waals surface area (Å²) >= 11 is 0. The van der Waals surface area contributed by atoms with E-state index in [1.807, 2.05) is 4.90 Å². The highest BCUT2D eigenvalue weighted by Gasteiger charge is 2.31. The molecule has 1 aromatic carbocycles. The van der Waals surface area contributed by atoms with E-state index in [0.29, 0.717) is 35.7 Å². The molecule has 0 spiro atoms. The van der Waals surface area contributed by atoms with E-state index in [1.165, 1.54) is 21.7 Å². The van der Waals surface area contributed by atoms with Crippen LogP contribution in [0.2, 0.25) is 0 Å². The molecule has 12 heteroatoms. The third-order valence-electron chi connectivity index (χ3n) is 6.62. The lowest BCUT2D eigenvalue weighted by atomic mass is 10.0. The molecule has 2 aliphatic rings. The molecule has 184 valence electrons. The van der Waals surface area contributed by atoms with Gasteiger partial charge in [0, 0.05) is 44.0 Å².